The Kier molecular flexibility index (Phi) is 5.87. The van der Waals surface area contributed by atoms with Crippen molar-refractivity contribution < 1.29 is 17.9 Å². The number of nitrogens with zero attached hydrogens (tertiary/aromatic N) is 2. The summed E-state index contributed by atoms with van der Waals surface area (Å²) in [6.45, 7) is 3.83. The normalized spacial score (nSPS) is 22.2. The first-order chi connectivity index (χ1) is 12.4. The van der Waals surface area contributed by atoms with Gasteiger partial charge in [-0.15, -0.1) is 0 Å². The Bertz CT molecular complexity index is 757. The standard InChI is InChI=1S/C19H28N2O4S/c1-15-8-4-7-13-21(15)19(22)17-14-16(9-10-18(17)25-2)26(23,24)20-11-5-3-6-12-20/h9-10,14-15H,3-8,11-13H2,1-2H3. The number of hydrogen-bond acceptors (Lipinski definition) is 4. The highest BCUT2D eigenvalue weighted by molar-refractivity contribution is 7.89. The lowest BCUT2D eigenvalue weighted by molar-refractivity contribution is 0.0632. The molecule has 1 atom stereocenters. The molecule has 1 aromatic rings. The fraction of sp³-hybridized carbons (Fsp3) is 0.632. The number of likely N-dealkylation sites (tertiary alicyclic amines) is 1. The molecule has 2 aliphatic heterocycles. The first-order valence-electron chi connectivity index (χ1n) is 9.44. The molecule has 0 N–H and O–H groups in total. The summed E-state index contributed by atoms with van der Waals surface area (Å²) >= 11 is 0. The van der Waals surface area contributed by atoms with Gasteiger partial charge in [-0.2, -0.15) is 4.31 Å². The number of rotatable bonds is 4. The number of carbonyl (C=O) groups is 1. The highest BCUT2D eigenvalue weighted by atomic mass is 32.2. The highest BCUT2D eigenvalue weighted by Crippen LogP contribution is 2.29. The third-order valence-corrected chi connectivity index (χ3v) is 7.31. The molecule has 1 amide bonds. The van der Waals surface area contributed by atoms with Crippen molar-refractivity contribution >= 4 is 15.9 Å². The molecule has 0 radical (unpaired) electrons. The van der Waals surface area contributed by atoms with Crippen LogP contribution in [-0.2, 0) is 10.0 Å². The van der Waals surface area contributed by atoms with E-state index in [9.17, 15) is 13.2 Å². The van der Waals surface area contributed by atoms with Crippen molar-refractivity contribution in [3.63, 3.8) is 0 Å². The summed E-state index contributed by atoms with van der Waals surface area (Å²) in [6.07, 6.45) is 5.89. The van der Waals surface area contributed by atoms with E-state index in [0.29, 0.717) is 30.9 Å². The zero-order chi connectivity index (χ0) is 18.7. The Morgan fingerprint density at radius 3 is 2.42 bits per heavy atom. The minimum absolute atomic E-state index is 0.148. The van der Waals surface area contributed by atoms with E-state index in [4.69, 9.17) is 4.74 Å². The SMILES string of the molecule is COc1ccc(S(=O)(=O)N2CCCCC2)cc1C(=O)N1CCCCC1C. The largest absolute Gasteiger partial charge is 0.496 e. The third-order valence-electron chi connectivity index (χ3n) is 5.42. The van der Waals surface area contributed by atoms with Crippen LogP contribution >= 0.6 is 0 Å². The zero-order valence-corrected chi connectivity index (χ0v) is 16.4. The maximum atomic E-state index is 13.1. The number of carbonyl (C=O) groups excluding carboxylic acids is 1. The predicted octanol–water partition coefficient (Wildman–Crippen LogP) is 2.88. The van der Waals surface area contributed by atoms with Crippen LogP contribution < -0.4 is 4.74 Å². The van der Waals surface area contributed by atoms with Crippen molar-refractivity contribution in [1.29, 1.82) is 0 Å². The van der Waals surface area contributed by atoms with Crippen LogP contribution in [0.2, 0.25) is 0 Å². The summed E-state index contributed by atoms with van der Waals surface area (Å²) in [5.74, 6) is 0.273. The molecular weight excluding hydrogens is 352 g/mol. The number of ether oxygens (including phenoxy) is 1. The van der Waals surface area contributed by atoms with E-state index in [1.165, 1.54) is 17.5 Å². The van der Waals surface area contributed by atoms with Gasteiger partial charge in [0.15, 0.2) is 0 Å². The molecule has 0 spiro atoms. The lowest BCUT2D eigenvalue weighted by Gasteiger charge is -2.34. The summed E-state index contributed by atoms with van der Waals surface area (Å²) < 4.78 is 32.8. The number of benzene rings is 1. The van der Waals surface area contributed by atoms with Crippen LogP contribution in [0.25, 0.3) is 0 Å². The van der Waals surface area contributed by atoms with Gasteiger partial charge in [0.1, 0.15) is 5.75 Å². The molecular formula is C19H28N2O4S. The zero-order valence-electron chi connectivity index (χ0n) is 15.6. The maximum Gasteiger partial charge on any atom is 0.257 e. The maximum absolute atomic E-state index is 13.1. The molecule has 0 aliphatic carbocycles. The summed E-state index contributed by atoms with van der Waals surface area (Å²) in [6, 6.07) is 4.79. The first-order valence-corrected chi connectivity index (χ1v) is 10.9. The van der Waals surface area contributed by atoms with Crippen LogP contribution in [0.4, 0.5) is 0 Å². The van der Waals surface area contributed by atoms with Gasteiger partial charge in [-0.05, 0) is 57.2 Å². The van der Waals surface area contributed by atoms with Crippen LogP contribution in [0.15, 0.2) is 23.1 Å². The van der Waals surface area contributed by atoms with Gasteiger partial charge in [-0.1, -0.05) is 6.42 Å². The lowest BCUT2D eigenvalue weighted by Crippen LogP contribution is -2.42. The van der Waals surface area contributed by atoms with Crippen LogP contribution in [-0.4, -0.2) is 56.3 Å². The average Bonchev–Trinajstić information content (AvgIpc) is 2.68. The summed E-state index contributed by atoms with van der Waals surface area (Å²) in [4.78, 5) is 15.1. The van der Waals surface area contributed by atoms with Gasteiger partial charge in [0.2, 0.25) is 10.0 Å². The van der Waals surface area contributed by atoms with Crippen molar-refractivity contribution in [2.24, 2.45) is 0 Å². The van der Waals surface area contributed by atoms with E-state index in [-0.39, 0.29) is 16.8 Å². The van der Waals surface area contributed by atoms with Gasteiger partial charge in [0, 0.05) is 25.7 Å². The van der Waals surface area contributed by atoms with Gasteiger partial charge in [0.25, 0.3) is 5.91 Å². The summed E-state index contributed by atoms with van der Waals surface area (Å²) in [5, 5.41) is 0. The van der Waals surface area contributed by atoms with Crippen molar-refractivity contribution in [3.05, 3.63) is 23.8 Å². The molecule has 2 heterocycles. The molecule has 7 heteroatoms. The fourth-order valence-corrected chi connectivity index (χ4v) is 5.37. The van der Waals surface area contributed by atoms with E-state index in [2.05, 4.69) is 0 Å². The molecule has 144 valence electrons. The van der Waals surface area contributed by atoms with Crippen LogP contribution in [0, 0.1) is 0 Å². The van der Waals surface area contributed by atoms with Gasteiger partial charge >= 0.3 is 0 Å². The summed E-state index contributed by atoms with van der Waals surface area (Å²) in [5.41, 5.74) is 0.333. The Labute approximate surface area is 156 Å². The van der Waals surface area contributed by atoms with E-state index in [1.54, 1.807) is 12.1 Å². The van der Waals surface area contributed by atoms with E-state index in [1.807, 2.05) is 11.8 Å². The Morgan fingerprint density at radius 2 is 1.77 bits per heavy atom. The van der Waals surface area contributed by atoms with E-state index < -0.39 is 10.0 Å². The van der Waals surface area contributed by atoms with E-state index in [0.717, 1.165) is 38.5 Å². The molecule has 26 heavy (non-hydrogen) atoms. The third kappa shape index (κ3) is 3.74. The van der Waals surface area contributed by atoms with Gasteiger partial charge in [0.05, 0.1) is 17.6 Å². The van der Waals surface area contributed by atoms with Crippen molar-refractivity contribution in [3.8, 4) is 5.75 Å². The average molecular weight is 381 g/mol. The minimum Gasteiger partial charge on any atom is -0.496 e. The molecule has 2 aliphatic rings. The quantitative estimate of drug-likeness (QED) is 0.806. The lowest BCUT2D eigenvalue weighted by atomic mass is 10.0. The fourth-order valence-electron chi connectivity index (χ4n) is 3.82. The number of methoxy groups -OCH3 is 1. The Morgan fingerprint density at radius 1 is 1.08 bits per heavy atom. The molecule has 2 fully saturated rings. The molecule has 0 bridgehead atoms. The second kappa shape index (κ2) is 7.96. The van der Waals surface area contributed by atoms with Crippen LogP contribution in [0.1, 0.15) is 55.8 Å². The Balaban J connectivity index is 1.94. The smallest absolute Gasteiger partial charge is 0.257 e. The second-order valence-electron chi connectivity index (χ2n) is 7.17. The number of hydrogen-bond donors (Lipinski definition) is 0. The highest BCUT2D eigenvalue weighted by Gasteiger charge is 2.30. The number of piperidine rings is 2. The van der Waals surface area contributed by atoms with Crippen LogP contribution in [0.3, 0.4) is 0 Å². The molecule has 3 rings (SSSR count). The molecule has 1 aromatic carbocycles. The minimum atomic E-state index is -3.58. The van der Waals surface area contributed by atoms with Gasteiger partial charge in [-0.25, -0.2) is 8.42 Å². The van der Waals surface area contributed by atoms with E-state index >= 15 is 0 Å². The summed E-state index contributed by atoms with van der Waals surface area (Å²) in [7, 11) is -2.08. The van der Waals surface area contributed by atoms with Gasteiger partial charge < -0.3 is 9.64 Å². The monoisotopic (exact) mass is 380 g/mol. The molecule has 1 unspecified atom stereocenters. The second-order valence-corrected chi connectivity index (χ2v) is 9.11. The van der Waals surface area contributed by atoms with Crippen LogP contribution in [0.5, 0.6) is 5.75 Å². The van der Waals surface area contributed by atoms with Crippen molar-refractivity contribution in [2.45, 2.75) is 56.4 Å². The molecule has 0 saturated carbocycles. The number of amides is 1. The van der Waals surface area contributed by atoms with Crippen molar-refractivity contribution in [1.82, 2.24) is 9.21 Å². The molecule has 0 aromatic heterocycles. The molecule has 2 saturated heterocycles. The van der Waals surface area contributed by atoms with Crippen molar-refractivity contribution in [2.75, 3.05) is 26.7 Å². The van der Waals surface area contributed by atoms with Gasteiger partial charge in [-0.3, -0.25) is 4.79 Å². The number of sulfonamides is 1. The first kappa shape index (κ1) is 19.2. The Hall–Kier alpha value is -1.60. The topological polar surface area (TPSA) is 66.9 Å². The molecule has 6 nitrogen and oxygen atoms in total. The predicted molar refractivity (Wildman–Crippen MR) is 100.0 cm³/mol.